The molecule has 3 aliphatic heterocycles. The Balaban J connectivity index is 1.19. The summed E-state index contributed by atoms with van der Waals surface area (Å²) in [6.07, 6.45) is 7.65. The van der Waals surface area contributed by atoms with Crippen molar-refractivity contribution in [3.05, 3.63) is 78.1 Å². The average Bonchev–Trinajstić information content (AvgIpc) is 3.68. The van der Waals surface area contributed by atoms with E-state index in [1.54, 1.807) is 54.9 Å². The summed E-state index contributed by atoms with van der Waals surface area (Å²) in [7, 11) is 0. The molecule has 232 valence electrons. The molecule has 0 bridgehead atoms. The second-order valence-corrected chi connectivity index (χ2v) is 12.3. The Morgan fingerprint density at radius 2 is 1.59 bits per heavy atom. The fourth-order valence-corrected chi connectivity index (χ4v) is 7.53. The highest BCUT2D eigenvalue weighted by Gasteiger charge is 2.45. The van der Waals surface area contributed by atoms with Crippen LogP contribution in [0.25, 0.3) is 32.9 Å². The van der Waals surface area contributed by atoms with Gasteiger partial charge in [0.25, 0.3) is 0 Å². The number of anilines is 2. The van der Waals surface area contributed by atoms with E-state index in [-0.39, 0.29) is 22.8 Å². The number of benzene rings is 2. The monoisotopic (exact) mass is 618 g/mol. The van der Waals surface area contributed by atoms with Crippen molar-refractivity contribution in [2.24, 2.45) is 0 Å². The largest absolute Gasteiger partial charge is 0.461 e. The summed E-state index contributed by atoms with van der Waals surface area (Å²) in [5, 5.41) is 11.0. The standard InChI is InChI=1S/C35H32F2N8O/c36-27-10-2-7-23-6-1-9-25(28(23)27)30-29(37)31-26(21-40-30)33(42-34(41-31)46-22-35-11-4-14-45(35)15-5-12-35)44-18-16-43(17-19-44)32-24(20-38)8-3-13-39-32/h1-3,6-10,13,21H,4-5,11-12,14-19,22H2. The van der Waals surface area contributed by atoms with Crippen LogP contribution in [0.5, 0.6) is 6.01 Å². The lowest BCUT2D eigenvalue weighted by Crippen LogP contribution is -2.47. The predicted octanol–water partition coefficient (Wildman–Crippen LogP) is 5.72. The smallest absolute Gasteiger partial charge is 0.319 e. The van der Waals surface area contributed by atoms with Gasteiger partial charge in [-0.15, -0.1) is 0 Å². The maximum atomic E-state index is 16.7. The highest BCUT2D eigenvalue weighted by molar-refractivity contribution is 5.99. The highest BCUT2D eigenvalue weighted by atomic mass is 19.1. The number of hydrogen-bond acceptors (Lipinski definition) is 9. The van der Waals surface area contributed by atoms with Crippen LogP contribution in [0.2, 0.25) is 0 Å². The molecule has 0 unspecified atom stereocenters. The number of ether oxygens (including phenoxy) is 1. The molecule has 3 saturated heterocycles. The van der Waals surface area contributed by atoms with E-state index in [9.17, 15) is 5.26 Å². The SMILES string of the molecule is N#Cc1cccnc1N1CCN(c2nc(OCC34CCCN3CCC4)nc3c(F)c(-c4cccc5cccc(F)c45)ncc23)CC1. The minimum atomic E-state index is -0.644. The second kappa shape index (κ2) is 11.4. The average molecular weight is 619 g/mol. The van der Waals surface area contributed by atoms with Gasteiger partial charge in [-0.1, -0.05) is 30.3 Å². The van der Waals surface area contributed by atoms with Crippen LogP contribution < -0.4 is 14.5 Å². The first kappa shape index (κ1) is 28.5. The van der Waals surface area contributed by atoms with Gasteiger partial charge in [-0.3, -0.25) is 9.88 Å². The minimum absolute atomic E-state index is 0.0270. The Bertz CT molecular complexity index is 1990. The Morgan fingerprint density at radius 1 is 0.848 bits per heavy atom. The van der Waals surface area contributed by atoms with E-state index in [1.165, 1.54) is 6.07 Å². The summed E-state index contributed by atoms with van der Waals surface area (Å²) >= 11 is 0. The first-order chi connectivity index (χ1) is 22.5. The third-order valence-corrected chi connectivity index (χ3v) is 9.82. The van der Waals surface area contributed by atoms with E-state index in [4.69, 9.17) is 9.72 Å². The zero-order valence-corrected chi connectivity index (χ0v) is 25.3. The van der Waals surface area contributed by atoms with Gasteiger partial charge in [-0.05, 0) is 62.4 Å². The quantitative estimate of drug-likeness (QED) is 0.237. The van der Waals surface area contributed by atoms with Crippen molar-refractivity contribution in [3.63, 3.8) is 0 Å². The molecule has 0 spiro atoms. The minimum Gasteiger partial charge on any atom is -0.461 e. The van der Waals surface area contributed by atoms with Crippen LogP contribution in [0, 0.1) is 23.0 Å². The van der Waals surface area contributed by atoms with Crippen LogP contribution in [0.4, 0.5) is 20.4 Å². The molecule has 0 radical (unpaired) electrons. The molecule has 0 saturated carbocycles. The number of piperazine rings is 1. The normalized spacial score (nSPS) is 17.8. The topological polar surface area (TPSA) is 94.3 Å². The molecule has 11 heteroatoms. The van der Waals surface area contributed by atoms with E-state index >= 15 is 8.78 Å². The van der Waals surface area contributed by atoms with Gasteiger partial charge in [-0.25, -0.2) is 13.8 Å². The molecule has 6 heterocycles. The van der Waals surface area contributed by atoms with Crippen LogP contribution in [0.15, 0.2) is 60.9 Å². The summed E-state index contributed by atoms with van der Waals surface area (Å²) in [6.45, 7) is 4.87. The van der Waals surface area contributed by atoms with E-state index in [0.717, 1.165) is 38.8 Å². The van der Waals surface area contributed by atoms with E-state index < -0.39 is 11.6 Å². The molecular weight excluding hydrogens is 586 g/mol. The Labute approximate surface area is 265 Å². The Morgan fingerprint density at radius 3 is 2.35 bits per heavy atom. The molecule has 0 aliphatic carbocycles. The first-order valence-corrected chi connectivity index (χ1v) is 15.8. The van der Waals surface area contributed by atoms with Crippen molar-refractivity contribution in [2.45, 2.75) is 31.2 Å². The van der Waals surface area contributed by atoms with Gasteiger partial charge >= 0.3 is 6.01 Å². The third-order valence-electron chi connectivity index (χ3n) is 9.82. The van der Waals surface area contributed by atoms with Gasteiger partial charge in [0, 0.05) is 49.5 Å². The van der Waals surface area contributed by atoms with Crippen molar-refractivity contribution < 1.29 is 13.5 Å². The summed E-state index contributed by atoms with van der Waals surface area (Å²) in [5.74, 6) is 0.103. The van der Waals surface area contributed by atoms with Crippen LogP contribution in [-0.2, 0) is 0 Å². The summed E-state index contributed by atoms with van der Waals surface area (Å²) in [5.41, 5.74) is 0.966. The number of fused-ring (bicyclic) bond motifs is 3. The molecular formula is C35H32F2N8O. The molecule has 0 amide bonds. The summed E-state index contributed by atoms with van der Waals surface area (Å²) < 4.78 is 38.1. The third kappa shape index (κ3) is 4.75. The molecule has 3 fully saturated rings. The van der Waals surface area contributed by atoms with Gasteiger partial charge in [0.15, 0.2) is 5.82 Å². The number of rotatable bonds is 6. The van der Waals surface area contributed by atoms with Crippen molar-refractivity contribution in [2.75, 3.05) is 55.7 Å². The molecule has 9 nitrogen and oxygen atoms in total. The molecule has 5 aromatic rings. The molecule has 2 aromatic carbocycles. The molecule has 0 N–H and O–H groups in total. The molecule has 0 atom stereocenters. The Hall–Kier alpha value is -4.95. The fourth-order valence-electron chi connectivity index (χ4n) is 7.53. The van der Waals surface area contributed by atoms with Crippen LogP contribution >= 0.6 is 0 Å². The van der Waals surface area contributed by atoms with Gasteiger partial charge in [0.1, 0.15) is 41.3 Å². The van der Waals surface area contributed by atoms with E-state index in [0.29, 0.717) is 71.7 Å². The summed E-state index contributed by atoms with van der Waals surface area (Å²) in [4.78, 5) is 25.1. The maximum Gasteiger partial charge on any atom is 0.319 e. The number of nitriles is 1. The van der Waals surface area contributed by atoms with Crippen molar-refractivity contribution in [1.82, 2.24) is 24.8 Å². The van der Waals surface area contributed by atoms with Gasteiger partial charge in [-0.2, -0.15) is 15.2 Å². The molecule has 3 aromatic heterocycles. The summed E-state index contributed by atoms with van der Waals surface area (Å²) in [6, 6.07) is 15.9. The van der Waals surface area contributed by atoms with Gasteiger partial charge in [0.2, 0.25) is 0 Å². The van der Waals surface area contributed by atoms with Crippen LogP contribution in [0.3, 0.4) is 0 Å². The maximum absolute atomic E-state index is 16.7. The van der Waals surface area contributed by atoms with Crippen molar-refractivity contribution in [3.8, 4) is 23.3 Å². The molecule has 8 rings (SSSR count). The first-order valence-electron chi connectivity index (χ1n) is 15.8. The number of nitrogens with zero attached hydrogens (tertiary/aromatic N) is 8. The molecule has 46 heavy (non-hydrogen) atoms. The zero-order valence-electron chi connectivity index (χ0n) is 25.3. The second-order valence-electron chi connectivity index (χ2n) is 12.3. The fraction of sp³-hybridized carbons (Fsp3) is 0.343. The molecule has 3 aliphatic rings. The number of halogens is 2. The number of pyridine rings is 2. The van der Waals surface area contributed by atoms with Gasteiger partial charge in [0.05, 0.1) is 16.5 Å². The number of hydrogen-bond donors (Lipinski definition) is 0. The van der Waals surface area contributed by atoms with E-state index in [1.807, 2.05) is 0 Å². The van der Waals surface area contributed by atoms with Crippen LogP contribution in [0.1, 0.15) is 31.2 Å². The lowest BCUT2D eigenvalue weighted by atomic mass is 9.95. The predicted molar refractivity (Wildman–Crippen MR) is 172 cm³/mol. The van der Waals surface area contributed by atoms with E-state index in [2.05, 4.69) is 35.7 Å². The lowest BCUT2D eigenvalue weighted by Gasteiger charge is -2.36. The Kier molecular flexibility index (Phi) is 7.10. The zero-order chi connectivity index (χ0) is 31.3. The lowest BCUT2D eigenvalue weighted by molar-refractivity contribution is 0.108. The number of aromatic nitrogens is 4. The van der Waals surface area contributed by atoms with Crippen molar-refractivity contribution in [1.29, 1.82) is 5.26 Å². The highest BCUT2D eigenvalue weighted by Crippen LogP contribution is 2.40. The van der Waals surface area contributed by atoms with Gasteiger partial charge < -0.3 is 14.5 Å². The van der Waals surface area contributed by atoms with Crippen molar-refractivity contribution >= 4 is 33.3 Å². The van der Waals surface area contributed by atoms with Crippen LogP contribution in [-0.4, -0.2) is 76.3 Å².